The molecule has 0 aliphatic heterocycles. The second-order valence-corrected chi connectivity index (χ2v) is 8.38. The predicted octanol–water partition coefficient (Wildman–Crippen LogP) is 5.40. The third-order valence-corrected chi connectivity index (χ3v) is 5.86. The Kier molecular flexibility index (Phi) is 4.37. The summed E-state index contributed by atoms with van der Waals surface area (Å²) in [4.78, 5) is 11.9. The van der Waals surface area contributed by atoms with Crippen LogP contribution in [0, 0.1) is 13.0 Å². The molecule has 110 valence electrons. The molecule has 1 atom stereocenters. The summed E-state index contributed by atoms with van der Waals surface area (Å²) in [6.07, 6.45) is 3.30. The SMILES string of the molecule is O=[N+]([O-])c1cc(NC2CCCc3sc(I)cc32)ccc1Cl. The second-order valence-electron chi connectivity index (χ2n) is 4.94. The number of thiophene rings is 1. The minimum atomic E-state index is -0.451. The molecule has 0 spiro atoms. The van der Waals surface area contributed by atoms with Gasteiger partial charge in [-0.3, -0.25) is 10.1 Å². The van der Waals surface area contributed by atoms with E-state index >= 15 is 0 Å². The monoisotopic (exact) mass is 434 g/mol. The van der Waals surface area contributed by atoms with Gasteiger partial charge in [0.15, 0.2) is 0 Å². The number of benzene rings is 1. The summed E-state index contributed by atoms with van der Waals surface area (Å²) in [6, 6.07) is 7.30. The van der Waals surface area contributed by atoms with Gasteiger partial charge >= 0.3 is 0 Å². The van der Waals surface area contributed by atoms with Crippen molar-refractivity contribution in [3.05, 3.63) is 52.7 Å². The van der Waals surface area contributed by atoms with E-state index in [4.69, 9.17) is 11.6 Å². The van der Waals surface area contributed by atoms with Crippen LogP contribution in [0.25, 0.3) is 0 Å². The molecule has 0 bridgehead atoms. The molecular weight excluding hydrogens is 423 g/mol. The number of nitrogens with zero attached hydrogens (tertiary/aromatic N) is 1. The summed E-state index contributed by atoms with van der Waals surface area (Å²) in [6.45, 7) is 0. The van der Waals surface area contributed by atoms with Crippen LogP contribution in [0.15, 0.2) is 24.3 Å². The van der Waals surface area contributed by atoms with Crippen molar-refractivity contribution in [2.75, 3.05) is 5.32 Å². The molecule has 1 unspecified atom stereocenters. The number of rotatable bonds is 3. The lowest BCUT2D eigenvalue weighted by Gasteiger charge is -2.24. The topological polar surface area (TPSA) is 55.2 Å². The van der Waals surface area contributed by atoms with Gasteiger partial charge in [-0.25, -0.2) is 0 Å². The zero-order valence-corrected chi connectivity index (χ0v) is 14.7. The molecule has 1 N–H and O–H groups in total. The van der Waals surface area contributed by atoms with E-state index in [1.54, 1.807) is 12.1 Å². The van der Waals surface area contributed by atoms with Crippen molar-refractivity contribution in [1.29, 1.82) is 0 Å². The molecule has 1 aromatic carbocycles. The van der Waals surface area contributed by atoms with Crippen LogP contribution < -0.4 is 5.32 Å². The number of aryl methyl sites for hydroxylation is 1. The number of fused-ring (bicyclic) bond motifs is 1. The Morgan fingerprint density at radius 2 is 2.24 bits per heavy atom. The van der Waals surface area contributed by atoms with Gasteiger partial charge in [0.2, 0.25) is 0 Å². The molecule has 0 saturated heterocycles. The summed E-state index contributed by atoms with van der Waals surface area (Å²) in [7, 11) is 0. The normalized spacial score (nSPS) is 17.3. The Morgan fingerprint density at radius 1 is 1.43 bits per heavy atom. The van der Waals surface area contributed by atoms with E-state index in [1.165, 1.54) is 19.4 Å². The number of nitro groups is 1. The number of nitrogens with one attached hydrogen (secondary N) is 1. The van der Waals surface area contributed by atoms with Gasteiger partial charge in [0, 0.05) is 16.6 Å². The van der Waals surface area contributed by atoms with E-state index in [1.807, 2.05) is 11.3 Å². The standard InChI is InChI=1S/C14H12ClIN2O2S/c15-10-5-4-8(6-12(10)18(19)20)17-11-2-1-3-13-9(11)7-14(16)21-13/h4-7,11,17H,1-3H2. The fraction of sp³-hybridized carbons (Fsp3) is 0.286. The van der Waals surface area contributed by atoms with Gasteiger partial charge in [0.25, 0.3) is 5.69 Å². The number of anilines is 1. The largest absolute Gasteiger partial charge is 0.378 e. The van der Waals surface area contributed by atoms with Gasteiger partial charge in [0.05, 0.1) is 13.8 Å². The van der Waals surface area contributed by atoms with Crippen LogP contribution in [0.3, 0.4) is 0 Å². The van der Waals surface area contributed by atoms with E-state index in [0.717, 1.165) is 24.9 Å². The number of nitro benzene ring substituents is 1. The highest BCUT2D eigenvalue weighted by atomic mass is 127. The van der Waals surface area contributed by atoms with Gasteiger partial charge in [-0.1, -0.05) is 11.6 Å². The maximum absolute atomic E-state index is 11.0. The molecule has 0 saturated carbocycles. The van der Waals surface area contributed by atoms with Gasteiger partial charge < -0.3 is 5.32 Å². The quantitative estimate of drug-likeness (QED) is 0.399. The van der Waals surface area contributed by atoms with Crippen LogP contribution in [-0.4, -0.2) is 4.92 Å². The fourth-order valence-electron chi connectivity index (χ4n) is 2.61. The van der Waals surface area contributed by atoms with Crippen LogP contribution in [0.4, 0.5) is 11.4 Å². The van der Waals surface area contributed by atoms with Crippen LogP contribution in [0.2, 0.25) is 5.02 Å². The molecule has 1 aromatic heterocycles. The van der Waals surface area contributed by atoms with Crippen molar-refractivity contribution in [2.45, 2.75) is 25.3 Å². The second kappa shape index (κ2) is 6.10. The maximum Gasteiger partial charge on any atom is 0.289 e. The highest BCUT2D eigenvalue weighted by molar-refractivity contribution is 14.1. The average molecular weight is 435 g/mol. The third kappa shape index (κ3) is 3.17. The zero-order valence-electron chi connectivity index (χ0n) is 10.9. The molecule has 1 aliphatic rings. The lowest BCUT2D eigenvalue weighted by atomic mass is 9.94. The summed E-state index contributed by atoms with van der Waals surface area (Å²) in [5.74, 6) is 0. The molecule has 0 amide bonds. The first-order valence-electron chi connectivity index (χ1n) is 6.53. The summed E-state index contributed by atoms with van der Waals surface area (Å²) in [5, 5.41) is 14.5. The molecular formula is C14H12ClIN2O2S. The smallest absolute Gasteiger partial charge is 0.289 e. The third-order valence-electron chi connectivity index (χ3n) is 3.57. The first kappa shape index (κ1) is 15.1. The minimum absolute atomic E-state index is 0.0578. The van der Waals surface area contributed by atoms with Gasteiger partial charge in [-0.05, 0) is 65.6 Å². The van der Waals surface area contributed by atoms with E-state index in [-0.39, 0.29) is 16.8 Å². The molecule has 1 aliphatic carbocycles. The highest BCUT2D eigenvalue weighted by Gasteiger charge is 2.23. The van der Waals surface area contributed by atoms with Gasteiger partial charge in [0.1, 0.15) is 5.02 Å². The Morgan fingerprint density at radius 3 is 3.00 bits per heavy atom. The summed E-state index contributed by atoms with van der Waals surface area (Å²) < 4.78 is 1.29. The molecule has 7 heteroatoms. The molecule has 2 aromatic rings. The van der Waals surface area contributed by atoms with Crippen LogP contribution in [0.1, 0.15) is 29.3 Å². The first-order valence-corrected chi connectivity index (χ1v) is 8.80. The van der Waals surface area contributed by atoms with E-state index in [2.05, 4.69) is 34.0 Å². The lowest BCUT2D eigenvalue weighted by Crippen LogP contribution is -2.15. The van der Waals surface area contributed by atoms with E-state index < -0.39 is 4.92 Å². The zero-order chi connectivity index (χ0) is 15.0. The maximum atomic E-state index is 11.0. The number of halogens is 2. The molecule has 3 rings (SSSR count). The van der Waals surface area contributed by atoms with Crippen LogP contribution in [-0.2, 0) is 6.42 Å². The van der Waals surface area contributed by atoms with Crippen molar-refractivity contribution in [3.8, 4) is 0 Å². The molecule has 1 heterocycles. The Labute approximate surface area is 144 Å². The first-order chi connectivity index (χ1) is 10.0. The molecule has 4 nitrogen and oxygen atoms in total. The fourth-order valence-corrected chi connectivity index (χ4v) is 4.92. The summed E-state index contributed by atoms with van der Waals surface area (Å²) >= 11 is 10.0. The highest BCUT2D eigenvalue weighted by Crippen LogP contribution is 2.38. The minimum Gasteiger partial charge on any atom is -0.378 e. The molecule has 21 heavy (non-hydrogen) atoms. The van der Waals surface area contributed by atoms with Crippen LogP contribution in [0.5, 0.6) is 0 Å². The summed E-state index contributed by atoms with van der Waals surface area (Å²) in [5.41, 5.74) is 2.01. The van der Waals surface area contributed by atoms with E-state index in [0.29, 0.717) is 0 Å². The average Bonchev–Trinajstić information content (AvgIpc) is 2.82. The van der Waals surface area contributed by atoms with Crippen LogP contribution >= 0.6 is 45.5 Å². The van der Waals surface area contributed by atoms with Crippen molar-refractivity contribution in [3.63, 3.8) is 0 Å². The lowest BCUT2D eigenvalue weighted by molar-refractivity contribution is -0.384. The Hall–Kier alpha value is -0.860. The van der Waals surface area contributed by atoms with Crippen molar-refractivity contribution < 1.29 is 4.92 Å². The predicted molar refractivity (Wildman–Crippen MR) is 94.4 cm³/mol. The van der Waals surface area contributed by atoms with Gasteiger partial charge in [-0.2, -0.15) is 0 Å². The Bertz CT molecular complexity index is 704. The van der Waals surface area contributed by atoms with E-state index in [9.17, 15) is 10.1 Å². The molecule has 0 fully saturated rings. The number of hydrogen-bond acceptors (Lipinski definition) is 4. The molecule has 0 radical (unpaired) electrons. The number of hydrogen-bond donors (Lipinski definition) is 1. The van der Waals surface area contributed by atoms with Gasteiger partial charge in [-0.15, -0.1) is 11.3 Å². The van der Waals surface area contributed by atoms with Crippen molar-refractivity contribution in [1.82, 2.24) is 0 Å². The van der Waals surface area contributed by atoms with Crippen molar-refractivity contribution in [2.24, 2.45) is 0 Å². The Balaban J connectivity index is 1.88. The van der Waals surface area contributed by atoms with Crippen molar-refractivity contribution >= 4 is 56.9 Å².